The Labute approximate surface area is 184 Å². The van der Waals surface area contributed by atoms with Gasteiger partial charge < -0.3 is 20.1 Å². The highest BCUT2D eigenvalue weighted by Crippen LogP contribution is 2.33. The Morgan fingerprint density at radius 1 is 0.968 bits per heavy atom. The number of anilines is 1. The van der Waals surface area contributed by atoms with Gasteiger partial charge in [-0.2, -0.15) is 0 Å². The van der Waals surface area contributed by atoms with Crippen LogP contribution in [0.4, 0.5) is 5.69 Å². The normalized spacial score (nSPS) is 14.1. The van der Waals surface area contributed by atoms with Gasteiger partial charge in [-0.05, 0) is 74.6 Å². The Morgan fingerprint density at radius 2 is 1.61 bits per heavy atom. The van der Waals surface area contributed by atoms with E-state index in [1.165, 1.54) is 0 Å². The molecule has 6 nitrogen and oxygen atoms in total. The lowest BCUT2D eigenvalue weighted by Crippen LogP contribution is -2.31. The van der Waals surface area contributed by atoms with Crippen molar-refractivity contribution < 1.29 is 19.1 Å². The second-order valence-electron chi connectivity index (χ2n) is 8.11. The molecule has 1 aliphatic carbocycles. The second kappa shape index (κ2) is 10.3. The SMILES string of the molecule is CCOc1ccc(C(NC(=O)c2ccc(NC(=O)C3CC3)cc2)C(C)C)cc1OCC. The molecule has 0 saturated heterocycles. The van der Waals surface area contributed by atoms with E-state index in [0.29, 0.717) is 36.0 Å². The number of ether oxygens (including phenoxy) is 2. The number of hydrogen-bond acceptors (Lipinski definition) is 4. The predicted octanol–water partition coefficient (Wildman–Crippen LogP) is 4.96. The van der Waals surface area contributed by atoms with Crippen LogP contribution in [0.15, 0.2) is 42.5 Å². The molecule has 0 aromatic heterocycles. The molecule has 0 spiro atoms. The number of amides is 2. The summed E-state index contributed by atoms with van der Waals surface area (Å²) in [5.74, 6) is 1.59. The van der Waals surface area contributed by atoms with E-state index >= 15 is 0 Å². The van der Waals surface area contributed by atoms with E-state index in [9.17, 15) is 9.59 Å². The van der Waals surface area contributed by atoms with Gasteiger partial charge in [-0.25, -0.2) is 0 Å². The lowest BCUT2D eigenvalue weighted by atomic mass is 9.95. The zero-order valence-corrected chi connectivity index (χ0v) is 18.7. The molecule has 1 atom stereocenters. The molecule has 1 aliphatic rings. The van der Waals surface area contributed by atoms with Crippen LogP contribution in [0.3, 0.4) is 0 Å². The van der Waals surface area contributed by atoms with Crippen molar-refractivity contribution in [2.24, 2.45) is 11.8 Å². The van der Waals surface area contributed by atoms with Gasteiger partial charge >= 0.3 is 0 Å². The van der Waals surface area contributed by atoms with Crippen LogP contribution in [0.1, 0.15) is 62.5 Å². The van der Waals surface area contributed by atoms with Crippen LogP contribution < -0.4 is 20.1 Å². The first kappa shape index (κ1) is 22.7. The molecule has 3 rings (SSSR count). The van der Waals surface area contributed by atoms with Gasteiger partial charge in [0.2, 0.25) is 5.91 Å². The van der Waals surface area contributed by atoms with E-state index in [1.807, 2.05) is 32.0 Å². The van der Waals surface area contributed by atoms with Gasteiger partial charge in [-0.1, -0.05) is 19.9 Å². The Hall–Kier alpha value is -3.02. The van der Waals surface area contributed by atoms with Crippen molar-refractivity contribution in [3.63, 3.8) is 0 Å². The van der Waals surface area contributed by atoms with Gasteiger partial charge in [-0.15, -0.1) is 0 Å². The molecule has 0 heterocycles. The lowest BCUT2D eigenvalue weighted by molar-refractivity contribution is -0.117. The largest absolute Gasteiger partial charge is 0.490 e. The molecule has 6 heteroatoms. The smallest absolute Gasteiger partial charge is 0.251 e. The highest BCUT2D eigenvalue weighted by atomic mass is 16.5. The quantitative estimate of drug-likeness (QED) is 0.565. The Morgan fingerprint density at radius 3 is 2.19 bits per heavy atom. The minimum atomic E-state index is -0.184. The Kier molecular flexibility index (Phi) is 7.55. The zero-order valence-electron chi connectivity index (χ0n) is 18.7. The molecule has 1 unspecified atom stereocenters. The van der Waals surface area contributed by atoms with Gasteiger partial charge in [0.1, 0.15) is 0 Å². The third-order valence-corrected chi connectivity index (χ3v) is 5.24. The van der Waals surface area contributed by atoms with Crippen LogP contribution >= 0.6 is 0 Å². The molecule has 0 aliphatic heterocycles. The maximum Gasteiger partial charge on any atom is 0.251 e. The van der Waals surface area contributed by atoms with Crippen molar-refractivity contribution in [2.75, 3.05) is 18.5 Å². The van der Waals surface area contributed by atoms with Crippen LogP contribution in [-0.4, -0.2) is 25.0 Å². The van der Waals surface area contributed by atoms with E-state index in [1.54, 1.807) is 24.3 Å². The molecule has 0 bridgehead atoms. The van der Waals surface area contributed by atoms with Crippen molar-refractivity contribution in [2.45, 2.75) is 46.6 Å². The van der Waals surface area contributed by atoms with E-state index in [0.717, 1.165) is 18.4 Å². The molecule has 1 fully saturated rings. The number of carbonyl (C=O) groups excluding carboxylic acids is 2. The van der Waals surface area contributed by atoms with E-state index in [-0.39, 0.29) is 29.7 Å². The van der Waals surface area contributed by atoms with Crippen molar-refractivity contribution >= 4 is 17.5 Å². The maximum absolute atomic E-state index is 12.9. The number of benzene rings is 2. The van der Waals surface area contributed by atoms with Crippen molar-refractivity contribution in [1.29, 1.82) is 0 Å². The zero-order chi connectivity index (χ0) is 22.4. The number of carbonyl (C=O) groups is 2. The standard InChI is InChI=1S/C25H32N2O4/c1-5-30-21-14-11-19(15-22(21)31-6-2)23(16(3)4)27-25(29)18-9-12-20(13-10-18)26-24(28)17-7-8-17/h9-17,23H,5-8H2,1-4H3,(H,26,28)(H,27,29). The van der Waals surface area contributed by atoms with Gasteiger partial charge in [0, 0.05) is 17.2 Å². The first-order chi connectivity index (χ1) is 14.9. The summed E-state index contributed by atoms with van der Waals surface area (Å²) < 4.78 is 11.4. The summed E-state index contributed by atoms with van der Waals surface area (Å²) in [5, 5.41) is 6.03. The van der Waals surface area contributed by atoms with Gasteiger partial charge in [0.05, 0.1) is 19.3 Å². The minimum Gasteiger partial charge on any atom is -0.490 e. The third-order valence-electron chi connectivity index (χ3n) is 5.24. The molecular formula is C25H32N2O4. The average Bonchev–Trinajstić information content (AvgIpc) is 3.59. The molecule has 2 aromatic carbocycles. The topological polar surface area (TPSA) is 76.7 Å². The van der Waals surface area contributed by atoms with Crippen molar-refractivity contribution in [1.82, 2.24) is 5.32 Å². The monoisotopic (exact) mass is 424 g/mol. The summed E-state index contributed by atoms with van der Waals surface area (Å²) in [7, 11) is 0. The summed E-state index contributed by atoms with van der Waals surface area (Å²) >= 11 is 0. The fourth-order valence-electron chi connectivity index (χ4n) is 3.42. The summed E-state index contributed by atoms with van der Waals surface area (Å²) in [4.78, 5) is 24.8. The molecule has 0 radical (unpaired) electrons. The molecule has 31 heavy (non-hydrogen) atoms. The Bertz CT molecular complexity index is 904. The molecule has 166 valence electrons. The minimum absolute atomic E-state index is 0.0534. The first-order valence-electron chi connectivity index (χ1n) is 11.0. The van der Waals surface area contributed by atoms with Crippen LogP contribution in [0.25, 0.3) is 0 Å². The maximum atomic E-state index is 12.9. The summed E-state index contributed by atoms with van der Waals surface area (Å²) in [6.45, 7) is 9.09. The third kappa shape index (κ3) is 6.00. The fraction of sp³-hybridized carbons (Fsp3) is 0.440. The summed E-state index contributed by atoms with van der Waals surface area (Å²) in [5.41, 5.74) is 2.22. The van der Waals surface area contributed by atoms with Crippen LogP contribution in [0, 0.1) is 11.8 Å². The summed E-state index contributed by atoms with van der Waals surface area (Å²) in [6, 6.07) is 12.6. The van der Waals surface area contributed by atoms with Crippen molar-refractivity contribution in [3.8, 4) is 11.5 Å². The number of nitrogens with one attached hydrogen (secondary N) is 2. The Balaban J connectivity index is 1.72. The first-order valence-corrected chi connectivity index (χ1v) is 11.0. The highest BCUT2D eigenvalue weighted by Gasteiger charge is 2.29. The van der Waals surface area contributed by atoms with E-state index in [4.69, 9.17) is 9.47 Å². The van der Waals surface area contributed by atoms with E-state index < -0.39 is 0 Å². The molecule has 2 amide bonds. The molecule has 2 N–H and O–H groups in total. The molecule has 2 aromatic rings. The number of hydrogen-bond donors (Lipinski definition) is 2. The van der Waals surface area contributed by atoms with Gasteiger partial charge in [0.15, 0.2) is 11.5 Å². The van der Waals surface area contributed by atoms with Gasteiger partial charge in [-0.3, -0.25) is 9.59 Å². The second-order valence-corrected chi connectivity index (χ2v) is 8.11. The van der Waals surface area contributed by atoms with Crippen molar-refractivity contribution in [3.05, 3.63) is 53.6 Å². The molecule has 1 saturated carbocycles. The lowest BCUT2D eigenvalue weighted by Gasteiger charge is -2.24. The van der Waals surface area contributed by atoms with Gasteiger partial charge in [0.25, 0.3) is 5.91 Å². The number of rotatable bonds is 10. The van der Waals surface area contributed by atoms with E-state index in [2.05, 4.69) is 24.5 Å². The molecular weight excluding hydrogens is 392 g/mol. The van der Waals surface area contributed by atoms with Crippen LogP contribution in [-0.2, 0) is 4.79 Å². The fourth-order valence-corrected chi connectivity index (χ4v) is 3.42. The average molecular weight is 425 g/mol. The summed E-state index contributed by atoms with van der Waals surface area (Å²) in [6.07, 6.45) is 1.92. The van der Waals surface area contributed by atoms with Crippen LogP contribution in [0.2, 0.25) is 0 Å². The van der Waals surface area contributed by atoms with Crippen LogP contribution in [0.5, 0.6) is 11.5 Å². The predicted molar refractivity (Wildman–Crippen MR) is 122 cm³/mol. The highest BCUT2D eigenvalue weighted by molar-refractivity contribution is 5.97.